The number of sulfonamides is 1. The fourth-order valence-corrected chi connectivity index (χ4v) is 4.89. The maximum Gasteiger partial charge on any atom is 0.419 e. The molecule has 1 saturated heterocycles. The summed E-state index contributed by atoms with van der Waals surface area (Å²) in [5.74, 6) is -0.959. The van der Waals surface area contributed by atoms with E-state index in [1.165, 1.54) is 41.0 Å². The normalized spacial score (nSPS) is 17.0. The van der Waals surface area contributed by atoms with Crippen LogP contribution >= 0.6 is 0 Å². The standard InChI is InChI=1S/C21H24F3N3O4S/c1-15(14-31-19-7-3-2-6-18(19)21(22,23)24)26-20(28)16-8-11-27(12-9-16)32(29,30)17-5-4-10-25-13-17/h2-7,10,13,15-16H,8-9,11-12,14H2,1H3,(H,26,28). The summed E-state index contributed by atoms with van der Waals surface area (Å²) in [7, 11) is -3.66. The highest BCUT2D eigenvalue weighted by Crippen LogP contribution is 2.35. The smallest absolute Gasteiger partial charge is 0.419 e. The van der Waals surface area contributed by atoms with Gasteiger partial charge in [-0.15, -0.1) is 0 Å². The quantitative estimate of drug-likeness (QED) is 0.671. The maximum atomic E-state index is 13.0. The SMILES string of the molecule is CC(COc1ccccc1C(F)(F)F)NC(=O)C1CCN(S(=O)(=O)c2cccnc2)CC1. The van der Waals surface area contributed by atoms with Crippen molar-refractivity contribution in [3.63, 3.8) is 0 Å². The van der Waals surface area contributed by atoms with Gasteiger partial charge in [0.1, 0.15) is 17.3 Å². The van der Waals surface area contributed by atoms with Crippen molar-refractivity contribution in [2.75, 3.05) is 19.7 Å². The van der Waals surface area contributed by atoms with Crippen molar-refractivity contribution in [2.45, 2.75) is 36.9 Å². The molecule has 174 valence electrons. The molecule has 1 aromatic heterocycles. The Bertz CT molecular complexity index is 1020. The van der Waals surface area contributed by atoms with Crippen LogP contribution in [-0.4, -0.2) is 49.4 Å². The van der Waals surface area contributed by atoms with E-state index in [4.69, 9.17) is 4.74 Å². The van der Waals surface area contributed by atoms with Crippen molar-refractivity contribution in [2.24, 2.45) is 5.92 Å². The Morgan fingerprint density at radius 2 is 1.91 bits per heavy atom. The van der Waals surface area contributed by atoms with Gasteiger partial charge in [0.2, 0.25) is 15.9 Å². The lowest BCUT2D eigenvalue weighted by Crippen LogP contribution is -2.46. The molecule has 7 nitrogen and oxygen atoms in total. The molecular formula is C21H24F3N3O4S. The lowest BCUT2D eigenvalue weighted by atomic mass is 9.97. The second-order valence-corrected chi connectivity index (χ2v) is 9.52. The van der Waals surface area contributed by atoms with E-state index in [0.717, 1.165) is 6.07 Å². The molecule has 0 radical (unpaired) electrons. The van der Waals surface area contributed by atoms with Gasteiger partial charge in [-0.3, -0.25) is 9.78 Å². The summed E-state index contributed by atoms with van der Waals surface area (Å²) in [6.07, 6.45) is -1.08. The van der Waals surface area contributed by atoms with Crippen LogP contribution in [-0.2, 0) is 21.0 Å². The first-order valence-corrected chi connectivity index (χ1v) is 11.5. The van der Waals surface area contributed by atoms with Crippen LogP contribution in [0.3, 0.4) is 0 Å². The van der Waals surface area contributed by atoms with Gasteiger partial charge in [-0.1, -0.05) is 12.1 Å². The van der Waals surface area contributed by atoms with Gasteiger partial charge in [0.05, 0.1) is 11.6 Å². The molecule has 0 spiro atoms. The van der Waals surface area contributed by atoms with Crippen molar-refractivity contribution in [3.05, 3.63) is 54.4 Å². The molecule has 1 aliphatic heterocycles. The zero-order valence-electron chi connectivity index (χ0n) is 17.4. The molecule has 1 aromatic carbocycles. The molecule has 11 heteroatoms. The Balaban J connectivity index is 1.50. The molecule has 2 heterocycles. The molecule has 2 aromatic rings. The van der Waals surface area contributed by atoms with E-state index in [0.29, 0.717) is 12.8 Å². The number of pyridine rings is 1. The zero-order chi connectivity index (χ0) is 23.4. The minimum absolute atomic E-state index is 0.104. The maximum absolute atomic E-state index is 13.0. The number of halogens is 3. The molecular weight excluding hydrogens is 447 g/mol. The molecule has 1 N–H and O–H groups in total. The monoisotopic (exact) mass is 471 g/mol. The Morgan fingerprint density at radius 3 is 2.53 bits per heavy atom. The number of amides is 1. The third-order valence-corrected chi connectivity index (χ3v) is 7.05. The number of piperidine rings is 1. The highest BCUT2D eigenvalue weighted by Gasteiger charge is 2.35. The second kappa shape index (κ2) is 9.86. The van der Waals surface area contributed by atoms with E-state index in [2.05, 4.69) is 10.3 Å². The first kappa shape index (κ1) is 24.0. The number of alkyl halides is 3. The lowest BCUT2D eigenvalue weighted by molar-refractivity contribution is -0.139. The molecule has 0 aliphatic carbocycles. The molecule has 0 bridgehead atoms. The van der Waals surface area contributed by atoms with E-state index >= 15 is 0 Å². The number of carbonyl (C=O) groups is 1. The molecule has 1 aliphatic rings. The van der Waals surface area contributed by atoms with Crippen LogP contribution < -0.4 is 10.1 Å². The number of carbonyl (C=O) groups excluding carboxylic acids is 1. The van der Waals surface area contributed by atoms with E-state index in [-0.39, 0.29) is 42.2 Å². The summed E-state index contributed by atoms with van der Waals surface area (Å²) in [6.45, 7) is 1.89. The van der Waals surface area contributed by atoms with Gasteiger partial charge < -0.3 is 10.1 Å². The van der Waals surface area contributed by atoms with Gasteiger partial charge in [-0.2, -0.15) is 17.5 Å². The fraction of sp³-hybridized carbons (Fsp3) is 0.429. The number of benzene rings is 1. The summed E-state index contributed by atoms with van der Waals surface area (Å²) in [6, 6.07) is 7.38. The summed E-state index contributed by atoms with van der Waals surface area (Å²) in [5, 5.41) is 2.74. The zero-order valence-corrected chi connectivity index (χ0v) is 18.2. The summed E-state index contributed by atoms with van der Waals surface area (Å²) < 4.78 is 71.1. The van der Waals surface area contributed by atoms with E-state index < -0.39 is 27.8 Å². The van der Waals surface area contributed by atoms with Gasteiger partial charge in [0.15, 0.2) is 0 Å². The number of rotatable bonds is 7. The number of para-hydroxylation sites is 1. The first-order chi connectivity index (χ1) is 15.1. The van der Waals surface area contributed by atoms with Gasteiger partial charge in [-0.05, 0) is 44.0 Å². The molecule has 1 amide bonds. The minimum atomic E-state index is -4.53. The summed E-state index contributed by atoms with van der Waals surface area (Å²) >= 11 is 0. The van der Waals surface area contributed by atoms with Crippen LogP contribution in [0.25, 0.3) is 0 Å². The van der Waals surface area contributed by atoms with Crippen LogP contribution in [0.5, 0.6) is 5.75 Å². The van der Waals surface area contributed by atoms with E-state index in [1.807, 2.05) is 0 Å². The molecule has 1 fully saturated rings. The number of hydrogen-bond donors (Lipinski definition) is 1. The van der Waals surface area contributed by atoms with Crippen LogP contribution in [0.4, 0.5) is 13.2 Å². The largest absolute Gasteiger partial charge is 0.491 e. The third kappa shape index (κ3) is 5.77. The summed E-state index contributed by atoms with van der Waals surface area (Å²) in [5.41, 5.74) is -0.874. The second-order valence-electron chi connectivity index (χ2n) is 7.58. The highest BCUT2D eigenvalue weighted by atomic mass is 32.2. The van der Waals surface area contributed by atoms with Crippen LogP contribution in [0.2, 0.25) is 0 Å². The van der Waals surface area contributed by atoms with Gasteiger partial charge >= 0.3 is 6.18 Å². The number of ether oxygens (including phenoxy) is 1. The molecule has 0 saturated carbocycles. The molecule has 32 heavy (non-hydrogen) atoms. The Kier molecular flexibility index (Phi) is 7.40. The predicted molar refractivity (Wildman–Crippen MR) is 110 cm³/mol. The van der Waals surface area contributed by atoms with Crippen LogP contribution in [0.15, 0.2) is 53.7 Å². The van der Waals surface area contributed by atoms with Gasteiger partial charge in [0, 0.05) is 31.4 Å². The summed E-state index contributed by atoms with van der Waals surface area (Å²) in [4.78, 5) is 16.5. The van der Waals surface area contributed by atoms with Crippen molar-refractivity contribution in [1.82, 2.24) is 14.6 Å². The lowest BCUT2D eigenvalue weighted by Gasteiger charge is -2.31. The average Bonchev–Trinajstić information content (AvgIpc) is 2.78. The first-order valence-electron chi connectivity index (χ1n) is 10.1. The Morgan fingerprint density at radius 1 is 1.22 bits per heavy atom. The van der Waals surface area contributed by atoms with Gasteiger partial charge in [-0.25, -0.2) is 8.42 Å². The van der Waals surface area contributed by atoms with Gasteiger partial charge in [0.25, 0.3) is 0 Å². The van der Waals surface area contributed by atoms with Crippen molar-refractivity contribution in [3.8, 4) is 5.75 Å². The van der Waals surface area contributed by atoms with Crippen molar-refractivity contribution >= 4 is 15.9 Å². The predicted octanol–water partition coefficient (Wildman–Crippen LogP) is 3.08. The van der Waals surface area contributed by atoms with Crippen molar-refractivity contribution < 1.29 is 31.1 Å². The average molecular weight is 472 g/mol. The van der Waals surface area contributed by atoms with Crippen molar-refractivity contribution in [1.29, 1.82) is 0 Å². The Labute approximate surface area is 184 Å². The fourth-order valence-electron chi connectivity index (χ4n) is 3.45. The number of aromatic nitrogens is 1. The minimum Gasteiger partial charge on any atom is -0.491 e. The van der Waals surface area contributed by atoms with Crippen LogP contribution in [0.1, 0.15) is 25.3 Å². The highest BCUT2D eigenvalue weighted by molar-refractivity contribution is 7.89. The molecule has 3 rings (SSSR count). The topological polar surface area (TPSA) is 88.6 Å². The van der Waals surface area contributed by atoms with Crippen LogP contribution in [0, 0.1) is 5.92 Å². The third-order valence-electron chi connectivity index (χ3n) is 5.17. The number of hydrogen-bond acceptors (Lipinski definition) is 5. The number of nitrogens with one attached hydrogen (secondary N) is 1. The molecule has 1 atom stereocenters. The Hall–Kier alpha value is -2.66. The van der Waals surface area contributed by atoms with E-state index in [9.17, 15) is 26.4 Å². The van der Waals surface area contributed by atoms with E-state index in [1.54, 1.807) is 13.0 Å². The molecule has 1 unspecified atom stereocenters. The number of nitrogens with zero attached hydrogens (tertiary/aromatic N) is 2.